The molecule has 32 heavy (non-hydrogen) atoms. The number of aromatic nitrogens is 7. The molecule has 8 nitrogen and oxygen atoms in total. The highest BCUT2D eigenvalue weighted by molar-refractivity contribution is 5.94. The van der Waals surface area contributed by atoms with Crippen molar-refractivity contribution in [2.24, 2.45) is 0 Å². The standard InChI is InChI=1S/C24H20N8/c1-14-8-22(31-30-14)29-24-28-20(10-23-27-15(2)13-32(23)24)17-5-3-4-16(9-17)18-6-7-26-21-12-25-11-19(18)21/h3-13,25H,1-2H3,(H2,28,29,30,31). The van der Waals surface area contributed by atoms with Gasteiger partial charge in [-0.3, -0.25) is 14.5 Å². The van der Waals surface area contributed by atoms with E-state index < -0.39 is 0 Å². The zero-order valence-corrected chi connectivity index (χ0v) is 17.6. The van der Waals surface area contributed by atoms with E-state index in [9.17, 15) is 0 Å². The summed E-state index contributed by atoms with van der Waals surface area (Å²) in [6.07, 6.45) is 7.69. The summed E-state index contributed by atoms with van der Waals surface area (Å²) in [7, 11) is 0. The van der Waals surface area contributed by atoms with Crippen LogP contribution in [-0.2, 0) is 0 Å². The summed E-state index contributed by atoms with van der Waals surface area (Å²) in [6.45, 7) is 3.94. The Labute approximate surface area is 183 Å². The Hall–Kier alpha value is -4.46. The molecular weight excluding hydrogens is 400 g/mol. The van der Waals surface area contributed by atoms with E-state index in [2.05, 4.69) is 54.7 Å². The van der Waals surface area contributed by atoms with Crippen molar-refractivity contribution in [2.75, 3.05) is 5.32 Å². The molecule has 0 saturated heterocycles. The van der Waals surface area contributed by atoms with Crippen molar-refractivity contribution in [3.8, 4) is 22.4 Å². The number of pyridine rings is 1. The van der Waals surface area contributed by atoms with Crippen LogP contribution in [0.4, 0.5) is 11.8 Å². The van der Waals surface area contributed by atoms with E-state index in [1.54, 1.807) is 0 Å². The van der Waals surface area contributed by atoms with E-state index in [1.807, 2.05) is 61.2 Å². The number of nitrogens with zero attached hydrogens (tertiary/aromatic N) is 5. The van der Waals surface area contributed by atoms with Gasteiger partial charge in [0.2, 0.25) is 5.95 Å². The number of anilines is 2. The Morgan fingerprint density at radius 3 is 2.75 bits per heavy atom. The van der Waals surface area contributed by atoms with Gasteiger partial charge in [-0.1, -0.05) is 18.2 Å². The highest BCUT2D eigenvalue weighted by atomic mass is 15.3. The smallest absolute Gasteiger partial charge is 0.215 e. The number of nitrogens with one attached hydrogen (secondary N) is 3. The number of H-pyrrole nitrogens is 2. The van der Waals surface area contributed by atoms with Gasteiger partial charge in [0.25, 0.3) is 0 Å². The molecule has 1 aromatic carbocycles. The zero-order valence-electron chi connectivity index (χ0n) is 17.6. The third-order valence-electron chi connectivity index (χ3n) is 5.46. The molecule has 0 bridgehead atoms. The number of imidazole rings is 1. The van der Waals surface area contributed by atoms with Gasteiger partial charge in [-0.05, 0) is 37.1 Å². The number of benzene rings is 1. The maximum atomic E-state index is 4.92. The van der Waals surface area contributed by atoms with Crippen LogP contribution in [0.2, 0.25) is 0 Å². The van der Waals surface area contributed by atoms with Crippen LogP contribution in [0.25, 0.3) is 38.9 Å². The molecule has 0 radical (unpaired) electrons. The Balaban J connectivity index is 1.48. The molecule has 0 amide bonds. The molecule has 0 fully saturated rings. The molecule has 0 aliphatic rings. The molecule has 3 N–H and O–H groups in total. The van der Waals surface area contributed by atoms with Gasteiger partial charge in [-0.2, -0.15) is 5.10 Å². The summed E-state index contributed by atoms with van der Waals surface area (Å²) in [6, 6.07) is 14.4. The molecule has 5 heterocycles. The summed E-state index contributed by atoms with van der Waals surface area (Å²) in [5.74, 6) is 1.37. The van der Waals surface area contributed by atoms with Crippen LogP contribution >= 0.6 is 0 Å². The lowest BCUT2D eigenvalue weighted by Gasteiger charge is -2.10. The zero-order chi connectivity index (χ0) is 21.7. The quantitative estimate of drug-likeness (QED) is 0.372. The van der Waals surface area contributed by atoms with Gasteiger partial charge in [0, 0.05) is 53.6 Å². The lowest BCUT2D eigenvalue weighted by molar-refractivity contribution is 1.03. The van der Waals surface area contributed by atoms with Gasteiger partial charge < -0.3 is 10.3 Å². The second-order valence-electron chi connectivity index (χ2n) is 7.83. The number of rotatable bonds is 4. The lowest BCUT2D eigenvalue weighted by atomic mass is 10.00. The van der Waals surface area contributed by atoms with Crippen LogP contribution in [-0.4, -0.2) is 34.5 Å². The molecule has 0 aliphatic carbocycles. The maximum absolute atomic E-state index is 4.92. The fraction of sp³-hybridized carbons (Fsp3) is 0.0833. The largest absolute Gasteiger partial charge is 0.365 e. The van der Waals surface area contributed by atoms with E-state index in [1.165, 1.54) is 0 Å². The molecule has 6 aromatic rings. The number of aryl methyl sites for hydroxylation is 2. The molecule has 6 rings (SSSR count). The summed E-state index contributed by atoms with van der Waals surface area (Å²) in [4.78, 5) is 17.2. The maximum Gasteiger partial charge on any atom is 0.215 e. The fourth-order valence-corrected chi connectivity index (χ4v) is 4.00. The Bertz CT molecular complexity index is 1590. The topological polar surface area (TPSA) is 99.6 Å². The van der Waals surface area contributed by atoms with E-state index >= 15 is 0 Å². The van der Waals surface area contributed by atoms with Gasteiger partial charge in [-0.25, -0.2) is 9.97 Å². The first-order valence-corrected chi connectivity index (χ1v) is 10.3. The Morgan fingerprint density at radius 2 is 1.88 bits per heavy atom. The molecular formula is C24H20N8. The van der Waals surface area contributed by atoms with Gasteiger partial charge >= 0.3 is 0 Å². The summed E-state index contributed by atoms with van der Waals surface area (Å²) < 4.78 is 1.94. The second kappa shape index (κ2) is 7.05. The van der Waals surface area contributed by atoms with Crippen molar-refractivity contribution in [2.45, 2.75) is 13.8 Å². The number of hydrogen-bond donors (Lipinski definition) is 3. The molecule has 8 heteroatoms. The van der Waals surface area contributed by atoms with Crippen LogP contribution in [0.3, 0.4) is 0 Å². The molecule has 0 spiro atoms. The third kappa shape index (κ3) is 3.09. The molecule has 0 atom stereocenters. The summed E-state index contributed by atoms with van der Waals surface area (Å²) in [5, 5.41) is 11.6. The average Bonchev–Trinajstić information content (AvgIpc) is 3.52. The van der Waals surface area contributed by atoms with Crippen LogP contribution in [0, 0.1) is 13.8 Å². The van der Waals surface area contributed by atoms with E-state index in [-0.39, 0.29) is 0 Å². The van der Waals surface area contributed by atoms with Crippen LogP contribution in [0.5, 0.6) is 0 Å². The van der Waals surface area contributed by atoms with Crippen molar-refractivity contribution in [1.82, 2.24) is 34.5 Å². The van der Waals surface area contributed by atoms with Gasteiger partial charge in [0.05, 0.1) is 16.9 Å². The van der Waals surface area contributed by atoms with Crippen molar-refractivity contribution in [1.29, 1.82) is 0 Å². The van der Waals surface area contributed by atoms with Crippen LogP contribution in [0.1, 0.15) is 11.4 Å². The molecule has 156 valence electrons. The number of fused-ring (bicyclic) bond motifs is 2. The second-order valence-corrected chi connectivity index (χ2v) is 7.83. The van der Waals surface area contributed by atoms with Gasteiger partial charge in [-0.15, -0.1) is 0 Å². The minimum Gasteiger partial charge on any atom is -0.365 e. The number of hydrogen-bond acceptors (Lipinski definition) is 5. The van der Waals surface area contributed by atoms with Gasteiger partial charge in [0.1, 0.15) is 5.65 Å². The van der Waals surface area contributed by atoms with Crippen molar-refractivity contribution >= 4 is 28.3 Å². The predicted octanol–water partition coefficient (Wildman–Crippen LogP) is 5.02. The Morgan fingerprint density at radius 1 is 0.969 bits per heavy atom. The number of aromatic amines is 2. The molecule has 0 unspecified atom stereocenters. The first kappa shape index (κ1) is 18.3. The first-order valence-electron chi connectivity index (χ1n) is 10.3. The van der Waals surface area contributed by atoms with Crippen molar-refractivity contribution in [3.63, 3.8) is 0 Å². The third-order valence-corrected chi connectivity index (χ3v) is 5.46. The minimum absolute atomic E-state index is 0.659. The van der Waals surface area contributed by atoms with Crippen molar-refractivity contribution in [3.05, 3.63) is 78.6 Å². The van der Waals surface area contributed by atoms with Crippen LogP contribution < -0.4 is 5.32 Å². The SMILES string of the molecule is Cc1cn2c(Nc3cc(C)[nH]n3)nc(-c3cccc(-c4ccnc5c[nH]cc45)c3)cc2n1. The monoisotopic (exact) mass is 420 g/mol. The first-order chi connectivity index (χ1) is 15.6. The van der Waals surface area contributed by atoms with Gasteiger partial charge in [0.15, 0.2) is 5.82 Å². The van der Waals surface area contributed by atoms with E-state index in [0.29, 0.717) is 11.8 Å². The van der Waals surface area contributed by atoms with Crippen molar-refractivity contribution < 1.29 is 0 Å². The lowest BCUT2D eigenvalue weighted by Crippen LogP contribution is -2.02. The van der Waals surface area contributed by atoms with Crippen LogP contribution in [0.15, 0.2) is 67.3 Å². The fourth-order valence-electron chi connectivity index (χ4n) is 4.00. The highest BCUT2D eigenvalue weighted by Crippen LogP contribution is 2.31. The average molecular weight is 420 g/mol. The van der Waals surface area contributed by atoms with E-state index in [0.717, 1.165) is 50.3 Å². The predicted molar refractivity (Wildman–Crippen MR) is 125 cm³/mol. The summed E-state index contributed by atoms with van der Waals surface area (Å²) in [5.41, 5.74) is 7.74. The normalized spacial score (nSPS) is 11.4. The van der Waals surface area contributed by atoms with E-state index in [4.69, 9.17) is 4.98 Å². The molecule has 0 aliphatic heterocycles. The highest BCUT2D eigenvalue weighted by Gasteiger charge is 2.13. The summed E-state index contributed by atoms with van der Waals surface area (Å²) >= 11 is 0. The Kier molecular flexibility index (Phi) is 4.04. The minimum atomic E-state index is 0.659. The molecule has 0 saturated carbocycles. The molecule has 5 aromatic heterocycles.